The number of aliphatic hydroxyl groups excluding tert-OH is 1. The quantitative estimate of drug-likeness (QED) is 0.667. The van der Waals surface area contributed by atoms with Gasteiger partial charge < -0.3 is 20.3 Å². The minimum absolute atomic E-state index is 0.0787. The highest BCUT2D eigenvalue weighted by Crippen LogP contribution is 2.31. The van der Waals surface area contributed by atoms with Gasteiger partial charge in [-0.15, -0.1) is 5.10 Å². The fourth-order valence-electron chi connectivity index (χ4n) is 3.43. The van der Waals surface area contributed by atoms with Gasteiger partial charge in [-0.1, -0.05) is 0 Å². The number of ether oxygens (including phenoxy) is 1. The lowest BCUT2D eigenvalue weighted by Gasteiger charge is -2.26. The van der Waals surface area contributed by atoms with Crippen molar-refractivity contribution in [3.05, 3.63) is 36.5 Å². The monoisotopic (exact) mass is 354 g/mol. The average Bonchev–Trinajstić information content (AvgIpc) is 3.07. The van der Waals surface area contributed by atoms with Crippen LogP contribution in [0.5, 0.6) is 11.5 Å². The number of phenolic OH excluding ortho intramolecular Hbond substituents is 1. The lowest BCUT2D eigenvalue weighted by atomic mass is 9.93. The second-order valence-electron chi connectivity index (χ2n) is 6.67. The summed E-state index contributed by atoms with van der Waals surface area (Å²) in [6.45, 7) is 0. The summed E-state index contributed by atoms with van der Waals surface area (Å²) in [5.41, 5.74) is 2.34. The van der Waals surface area contributed by atoms with Crippen LogP contribution >= 0.6 is 0 Å². The maximum Gasteiger partial charge on any atom is 0.160 e. The molecule has 3 aromatic rings. The van der Waals surface area contributed by atoms with Gasteiger partial charge in [-0.25, -0.2) is 9.50 Å². The third-order valence-electron chi connectivity index (χ3n) is 4.89. The van der Waals surface area contributed by atoms with Gasteiger partial charge in [-0.3, -0.25) is 0 Å². The number of nitrogens with one attached hydrogen (secondary N) is 1. The van der Waals surface area contributed by atoms with Gasteiger partial charge in [0.2, 0.25) is 0 Å². The number of aromatic hydroxyl groups is 1. The number of imidazole rings is 1. The molecule has 1 fully saturated rings. The summed E-state index contributed by atoms with van der Waals surface area (Å²) in [5.74, 6) is 1.28. The molecule has 0 unspecified atom stereocenters. The summed E-state index contributed by atoms with van der Waals surface area (Å²) in [6.07, 6.45) is 5.08. The van der Waals surface area contributed by atoms with E-state index in [1.165, 1.54) is 7.11 Å². The van der Waals surface area contributed by atoms with Crippen molar-refractivity contribution >= 4 is 11.5 Å². The second-order valence-corrected chi connectivity index (χ2v) is 6.67. The standard InChI is InChI=1S/C19H22N4O3/c1-26-17-7-2-12(10-16(17)25)15-11-20-19-9-8-18(22-23(15)19)21-13-3-5-14(24)6-4-13/h2,7-11,13-14,24-25H,3-6H2,1H3,(H,21,22). The predicted octanol–water partition coefficient (Wildman–Crippen LogP) is 2.83. The van der Waals surface area contributed by atoms with Gasteiger partial charge in [-0.05, 0) is 56.0 Å². The molecule has 1 saturated carbocycles. The van der Waals surface area contributed by atoms with Crippen molar-refractivity contribution in [3.8, 4) is 22.8 Å². The van der Waals surface area contributed by atoms with Crippen molar-refractivity contribution in [2.45, 2.75) is 37.8 Å². The number of methoxy groups -OCH3 is 1. The van der Waals surface area contributed by atoms with Crippen LogP contribution < -0.4 is 10.1 Å². The second kappa shape index (κ2) is 6.84. The lowest BCUT2D eigenvalue weighted by molar-refractivity contribution is 0.126. The van der Waals surface area contributed by atoms with Crippen LogP contribution in [0.2, 0.25) is 0 Å². The minimum Gasteiger partial charge on any atom is -0.504 e. The first-order chi connectivity index (χ1) is 12.6. The Labute approximate surface area is 151 Å². The topological polar surface area (TPSA) is 91.9 Å². The first-order valence-electron chi connectivity index (χ1n) is 8.81. The van der Waals surface area contributed by atoms with Crippen LogP contribution in [0.25, 0.3) is 16.9 Å². The van der Waals surface area contributed by atoms with E-state index in [1.54, 1.807) is 22.8 Å². The van der Waals surface area contributed by atoms with E-state index < -0.39 is 0 Å². The molecule has 0 atom stereocenters. The maximum atomic E-state index is 10.0. The van der Waals surface area contributed by atoms with E-state index >= 15 is 0 Å². The molecule has 2 aromatic heterocycles. The van der Waals surface area contributed by atoms with Crippen molar-refractivity contribution in [1.29, 1.82) is 0 Å². The van der Waals surface area contributed by atoms with Crippen molar-refractivity contribution < 1.29 is 14.9 Å². The Morgan fingerprint density at radius 2 is 1.96 bits per heavy atom. The Morgan fingerprint density at radius 1 is 1.15 bits per heavy atom. The third kappa shape index (κ3) is 3.17. The Hall–Kier alpha value is -2.80. The molecule has 0 amide bonds. The normalized spacial score (nSPS) is 20.2. The van der Waals surface area contributed by atoms with Crippen molar-refractivity contribution in [3.63, 3.8) is 0 Å². The summed E-state index contributed by atoms with van der Waals surface area (Å²) in [7, 11) is 1.52. The largest absolute Gasteiger partial charge is 0.504 e. The number of rotatable bonds is 4. The molecule has 136 valence electrons. The van der Waals surface area contributed by atoms with Gasteiger partial charge in [0, 0.05) is 11.6 Å². The summed E-state index contributed by atoms with van der Waals surface area (Å²) in [6, 6.07) is 9.39. The van der Waals surface area contributed by atoms with E-state index in [4.69, 9.17) is 4.74 Å². The van der Waals surface area contributed by atoms with E-state index in [0.29, 0.717) is 11.8 Å². The highest BCUT2D eigenvalue weighted by atomic mass is 16.5. The van der Waals surface area contributed by atoms with Crippen LogP contribution in [0.15, 0.2) is 36.5 Å². The van der Waals surface area contributed by atoms with E-state index in [9.17, 15) is 10.2 Å². The van der Waals surface area contributed by atoms with E-state index in [2.05, 4.69) is 15.4 Å². The fourth-order valence-corrected chi connectivity index (χ4v) is 3.43. The van der Waals surface area contributed by atoms with Gasteiger partial charge in [0.25, 0.3) is 0 Å². The van der Waals surface area contributed by atoms with Crippen LogP contribution in [0, 0.1) is 0 Å². The van der Waals surface area contributed by atoms with Crippen LogP contribution in [0.1, 0.15) is 25.7 Å². The summed E-state index contributed by atoms with van der Waals surface area (Å²) >= 11 is 0. The minimum atomic E-state index is -0.175. The molecule has 7 heteroatoms. The Kier molecular flexibility index (Phi) is 4.38. The first-order valence-corrected chi connectivity index (χ1v) is 8.81. The molecule has 1 aromatic carbocycles. The molecule has 1 aliphatic rings. The highest BCUT2D eigenvalue weighted by molar-refractivity contribution is 5.66. The van der Waals surface area contributed by atoms with Gasteiger partial charge in [0.1, 0.15) is 5.82 Å². The highest BCUT2D eigenvalue weighted by Gasteiger charge is 2.20. The lowest BCUT2D eigenvalue weighted by Crippen LogP contribution is -2.28. The van der Waals surface area contributed by atoms with Gasteiger partial charge in [0.15, 0.2) is 17.1 Å². The molecule has 7 nitrogen and oxygen atoms in total. The molecular weight excluding hydrogens is 332 g/mol. The Bertz CT molecular complexity index is 916. The van der Waals surface area contributed by atoms with E-state index in [1.807, 2.05) is 18.2 Å². The van der Waals surface area contributed by atoms with Gasteiger partial charge >= 0.3 is 0 Å². The molecule has 0 radical (unpaired) electrons. The molecule has 0 saturated heterocycles. The number of fused-ring (bicyclic) bond motifs is 1. The SMILES string of the molecule is COc1ccc(-c2cnc3ccc(NC4CCC(O)CC4)nn23)cc1O. The summed E-state index contributed by atoms with van der Waals surface area (Å²) in [5, 5.41) is 27.8. The number of aliphatic hydroxyl groups is 1. The zero-order valence-electron chi connectivity index (χ0n) is 14.6. The molecule has 3 N–H and O–H groups in total. The number of hydrogen-bond acceptors (Lipinski definition) is 6. The zero-order valence-corrected chi connectivity index (χ0v) is 14.6. The van der Waals surface area contributed by atoms with Gasteiger partial charge in [0.05, 0.1) is 25.1 Å². The van der Waals surface area contributed by atoms with Crippen molar-refractivity contribution in [1.82, 2.24) is 14.6 Å². The smallest absolute Gasteiger partial charge is 0.160 e. The first kappa shape index (κ1) is 16.7. The van der Waals surface area contributed by atoms with Crippen molar-refractivity contribution in [2.24, 2.45) is 0 Å². The molecule has 0 spiro atoms. The van der Waals surface area contributed by atoms with Gasteiger partial charge in [-0.2, -0.15) is 0 Å². The third-order valence-corrected chi connectivity index (χ3v) is 4.89. The maximum absolute atomic E-state index is 10.0. The number of benzene rings is 1. The number of nitrogens with zero attached hydrogens (tertiary/aromatic N) is 3. The van der Waals surface area contributed by atoms with E-state index in [-0.39, 0.29) is 11.9 Å². The molecule has 26 heavy (non-hydrogen) atoms. The van der Waals surface area contributed by atoms with Crippen molar-refractivity contribution in [2.75, 3.05) is 12.4 Å². The molecule has 0 bridgehead atoms. The van der Waals surface area contributed by atoms with Crippen LogP contribution in [-0.4, -0.2) is 44.1 Å². The predicted molar refractivity (Wildman–Crippen MR) is 98.5 cm³/mol. The van der Waals surface area contributed by atoms with E-state index in [0.717, 1.165) is 48.4 Å². The molecule has 0 aliphatic heterocycles. The molecule has 2 heterocycles. The Morgan fingerprint density at radius 3 is 2.69 bits per heavy atom. The van der Waals surface area contributed by atoms with Crippen LogP contribution in [0.3, 0.4) is 0 Å². The number of phenols is 1. The Balaban J connectivity index is 1.63. The summed E-state index contributed by atoms with van der Waals surface area (Å²) < 4.78 is 6.87. The molecule has 1 aliphatic carbocycles. The van der Waals surface area contributed by atoms with Crippen LogP contribution in [0.4, 0.5) is 5.82 Å². The van der Waals surface area contributed by atoms with Crippen LogP contribution in [-0.2, 0) is 0 Å². The average molecular weight is 354 g/mol. The zero-order chi connectivity index (χ0) is 18.1. The number of aromatic nitrogens is 3. The fraction of sp³-hybridized carbons (Fsp3) is 0.368. The summed E-state index contributed by atoms with van der Waals surface area (Å²) in [4.78, 5) is 4.39. The molecular formula is C19H22N4O3. The molecule has 4 rings (SSSR count). The number of hydrogen-bond donors (Lipinski definition) is 3. The number of anilines is 1.